The van der Waals surface area contributed by atoms with Gasteiger partial charge in [-0.1, -0.05) is 33.6 Å². The number of carboxylic acid groups (broad SMARTS) is 1. The number of hydrogen-bond acceptors (Lipinski definition) is 2. The molecule has 0 aromatic heterocycles. The van der Waals surface area contributed by atoms with Crippen molar-refractivity contribution in [3.8, 4) is 0 Å². The Bertz CT molecular complexity index is 231. The van der Waals surface area contributed by atoms with Gasteiger partial charge in [-0.2, -0.15) is 0 Å². The first kappa shape index (κ1) is 14.7. The van der Waals surface area contributed by atoms with Crippen LogP contribution in [-0.4, -0.2) is 29.7 Å². The third-order valence-electron chi connectivity index (χ3n) is 2.58. The van der Waals surface area contributed by atoms with Crippen molar-refractivity contribution < 1.29 is 14.7 Å². The van der Waals surface area contributed by atoms with E-state index in [-0.39, 0.29) is 5.92 Å². The summed E-state index contributed by atoms with van der Waals surface area (Å²) < 4.78 is 0. The molecule has 0 spiro atoms. The number of rotatable bonds is 7. The molecule has 2 unspecified atom stereocenters. The molecule has 3 N–H and O–H groups in total. The molecular formula is C11H22N2O3. The van der Waals surface area contributed by atoms with Crippen LogP contribution in [0.4, 0.5) is 4.79 Å². The summed E-state index contributed by atoms with van der Waals surface area (Å²) >= 11 is 0. The fraction of sp³-hybridized carbons (Fsp3) is 0.818. The molecule has 0 aliphatic carbocycles. The second kappa shape index (κ2) is 7.96. The van der Waals surface area contributed by atoms with E-state index in [1.807, 2.05) is 20.8 Å². The Morgan fingerprint density at radius 1 is 1.31 bits per heavy atom. The van der Waals surface area contributed by atoms with Crippen molar-refractivity contribution in [3.05, 3.63) is 0 Å². The molecule has 0 rings (SSSR count). The highest BCUT2D eigenvalue weighted by Crippen LogP contribution is 2.07. The van der Waals surface area contributed by atoms with Crippen LogP contribution in [0.15, 0.2) is 0 Å². The van der Waals surface area contributed by atoms with Crippen LogP contribution in [0.3, 0.4) is 0 Å². The van der Waals surface area contributed by atoms with Gasteiger partial charge in [-0.15, -0.1) is 0 Å². The molecule has 0 heterocycles. The van der Waals surface area contributed by atoms with Crippen molar-refractivity contribution in [2.45, 2.75) is 46.1 Å². The predicted molar refractivity (Wildman–Crippen MR) is 62.3 cm³/mol. The Morgan fingerprint density at radius 2 is 1.94 bits per heavy atom. The molecule has 16 heavy (non-hydrogen) atoms. The third-order valence-corrected chi connectivity index (χ3v) is 2.58. The first-order valence-electron chi connectivity index (χ1n) is 5.80. The molecule has 2 atom stereocenters. The molecule has 0 fully saturated rings. The molecule has 0 radical (unpaired) electrons. The Balaban J connectivity index is 4.09. The Kier molecular flexibility index (Phi) is 7.33. The van der Waals surface area contributed by atoms with Crippen molar-refractivity contribution in [2.24, 2.45) is 5.92 Å². The minimum atomic E-state index is -0.986. The maximum atomic E-state index is 11.4. The van der Waals surface area contributed by atoms with Crippen molar-refractivity contribution in [2.75, 3.05) is 6.54 Å². The van der Waals surface area contributed by atoms with Crippen molar-refractivity contribution in [3.63, 3.8) is 0 Å². The monoisotopic (exact) mass is 230 g/mol. The zero-order valence-electron chi connectivity index (χ0n) is 10.2. The van der Waals surface area contributed by atoms with E-state index in [0.717, 1.165) is 12.8 Å². The summed E-state index contributed by atoms with van der Waals surface area (Å²) in [7, 11) is 0. The van der Waals surface area contributed by atoms with Crippen molar-refractivity contribution >= 4 is 12.0 Å². The van der Waals surface area contributed by atoms with E-state index >= 15 is 0 Å². The van der Waals surface area contributed by atoms with Gasteiger partial charge < -0.3 is 15.7 Å². The summed E-state index contributed by atoms with van der Waals surface area (Å²) in [5.74, 6) is -1.06. The normalized spacial score (nSPS) is 13.9. The SMILES string of the molecule is CCCCNC(=O)NC(C(=O)O)C(C)CC. The summed E-state index contributed by atoms with van der Waals surface area (Å²) in [6.45, 7) is 6.32. The fourth-order valence-corrected chi connectivity index (χ4v) is 1.25. The minimum Gasteiger partial charge on any atom is -0.480 e. The van der Waals surface area contributed by atoms with Gasteiger partial charge in [0.2, 0.25) is 0 Å². The Hall–Kier alpha value is -1.26. The maximum absolute atomic E-state index is 11.4. The lowest BCUT2D eigenvalue weighted by Gasteiger charge is -2.20. The number of nitrogens with one attached hydrogen (secondary N) is 2. The lowest BCUT2D eigenvalue weighted by atomic mass is 9.99. The number of unbranched alkanes of at least 4 members (excludes halogenated alkanes) is 1. The first-order valence-corrected chi connectivity index (χ1v) is 5.80. The van der Waals surface area contributed by atoms with Gasteiger partial charge in [0.15, 0.2) is 0 Å². The standard InChI is InChI=1S/C11H22N2O3/c1-4-6-7-12-11(16)13-9(10(14)15)8(3)5-2/h8-9H,4-7H2,1-3H3,(H,14,15)(H2,12,13,16). The van der Waals surface area contributed by atoms with Gasteiger partial charge in [0, 0.05) is 6.54 Å². The molecule has 5 heteroatoms. The molecule has 0 saturated heterocycles. The highest BCUT2D eigenvalue weighted by Gasteiger charge is 2.24. The van der Waals surface area contributed by atoms with Crippen LogP contribution in [-0.2, 0) is 4.79 Å². The molecule has 0 saturated carbocycles. The Morgan fingerprint density at radius 3 is 2.38 bits per heavy atom. The van der Waals surface area contributed by atoms with E-state index in [0.29, 0.717) is 13.0 Å². The largest absolute Gasteiger partial charge is 0.480 e. The summed E-state index contributed by atoms with van der Waals surface area (Å²) in [5, 5.41) is 14.1. The molecule has 2 amide bonds. The van der Waals surface area contributed by atoms with Crippen LogP contribution in [0, 0.1) is 5.92 Å². The lowest BCUT2D eigenvalue weighted by Crippen LogP contribution is -2.49. The summed E-state index contributed by atoms with van der Waals surface area (Å²) in [6.07, 6.45) is 2.61. The first-order chi connectivity index (χ1) is 7.52. The van der Waals surface area contributed by atoms with Gasteiger partial charge >= 0.3 is 12.0 Å². The summed E-state index contributed by atoms with van der Waals surface area (Å²) in [5.41, 5.74) is 0. The maximum Gasteiger partial charge on any atom is 0.326 e. The van der Waals surface area contributed by atoms with Crippen LogP contribution in [0.5, 0.6) is 0 Å². The van der Waals surface area contributed by atoms with Gasteiger partial charge in [-0.3, -0.25) is 0 Å². The van der Waals surface area contributed by atoms with Crippen LogP contribution in [0.2, 0.25) is 0 Å². The third kappa shape index (κ3) is 5.58. The number of amides is 2. The molecule has 0 aliphatic rings. The molecule has 0 aromatic carbocycles. The van der Waals surface area contributed by atoms with E-state index in [2.05, 4.69) is 10.6 Å². The molecule has 0 aromatic rings. The summed E-state index contributed by atoms with van der Waals surface area (Å²) in [6, 6.07) is -1.22. The van der Waals surface area contributed by atoms with E-state index in [4.69, 9.17) is 5.11 Å². The summed E-state index contributed by atoms with van der Waals surface area (Å²) in [4.78, 5) is 22.3. The smallest absolute Gasteiger partial charge is 0.326 e. The predicted octanol–water partition coefficient (Wildman–Crippen LogP) is 1.58. The zero-order valence-corrected chi connectivity index (χ0v) is 10.2. The average molecular weight is 230 g/mol. The number of urea groups is 1. The minimum absolute atomic E-state index is 0.0746. The number of aliphatic carboxylic acids is 1. The number of hydrogen-bond donors (Lipinski definition) is 3. The van der Waals surface area contributed by atoms with Crippen LogP contribution in [0.1, 0.15) is 40.0 Å². The van der Waals surface area contributed by atoms with Crippen molar-refractivity contribution in [1.82, 2.24) is 10.6 Å². The second-order valence-electron chi connectivity index (χ2n) is 3.96. The van der Waals surface area contributed by atoms with E-state index in [9.17, 15) is 9.59 Å². The molecule has 5 nitrogen and oxygen atoms in total. The molecule has 0 bridgehead atoms. The molecule has 0 aliphatic heterocycles. The van der Waals surface area contributed by atoms with Crippen LogP contribution in [0.25, 0.3) is 0 Å². The second-order valence-corrected chi connectivity index (χ2v) is 3.96. The fourth-order valence-electron chi connectivity index (χ4n) is 1.25. The van der Waals surface area contributed by atoms with Gasteiger partial charge in [0.1, 0.15) is 6.04 Å². The molecular weight excluding hydrogens is 208 g/mol. The number of carbonyl (C=O) groups excluding carboxylic acids is 1. The van der Waals surface area contributed by atoms with Gasteiger partial charge in [-0.25, -0.2) is 9.59 Å². The Labute approximate surface area is 96.6 Å². The van der Waals surface area contributed by atoms with Gasteiger partial charge in [0.25, 0.3) is 0 Å². The quantitative estimate of drug-likeness (QED) is 0.581. The topological polar surface area (TPSA) is 78.4 Å². The van der Waals surface area contributed by atoms with Gasteiger partial charge in [-0.05, 0) is 12.3 Å². The zero-order chi connectivity index (χ0) is 12.6. The van der Waals surface area contributed by atoms with E-state index in [1.165, 1.54) is 0 Å². The lowest BCUT2D eigenvalue weighted by molar-refractivity contribution is -0.140. The number of carbonyl (C=O) groups is 2. The highest BCUT2D eigenvalue weighted by molar-refractivity contribution is 5.82. The van der Waals surface area contributed by atoms with E-state index in [1.54, 1.807) is 0 Å². The molecule has 94 valence electrons. The average Bonchev–Trinajstić information content (AvgIpc) is 2.25. The highest BCUT2D eigenvalue weighted by atomic mass is 16.4. The van der Waals surface area contributed by atoms with E-state index < -0.39 is 18.0 Å². The van der Waals surface area contributed by atoms with Gasteiger partial charge in [0.05, 0.1) is 0 Å². The number of carboxylic acids is 1. The van der Waals surface area contributed by atoms with Crippen LogP contribution < -0.4 is 10.6 Å². The van der Waals surface area contributed by atoms with Crippen LogP contribution >= 0.6 is 0 Å². The van der Waals surface area contributed by atoms with Crippen molar-refractivity contribution in [1.29, 1.82) is 0 Å².